The number of aromatic nitrogens is 1. The first-order chi connectivity index (χ1) is 13.8. The highest BCUT2D eigenvalue weighted by Crippen LogP contribution is 2.20. The highest BCUT2D eigenvalue weighted by atomic mass is 32.2. The molecule has 0 radical (unpaired) electrons. The number of nitrogens with zero attached hydrogens (tertiary/aromatic N) is 3. The van der Waals surface area contributed by atoms with Crippen molar-refractivity contribution in [2.45, 2.75) is 40.2 Å². The van der Waals surface area contributed by atoms with Crippen LogP contribution in [0.2, 0.25) is 0 Å². The van der Waals surface area contributed by atoms with Gasteiger partial charge in [-0.05, 0) is 25.0 Å². The van der Waals surface area contributed by atoms with Crippen LogP contribution in [-0.4, -0.2) is 76.1 Å². The number of rotatable bonds is 6. The highest BCUT2D eigenvalue weighted by Gasteiger charge is 2.30. The molecule has 1 amide bonds. The van der Waals surface area contributed by atoms with E-state index in [0.717, 1.165) is 18.5 Å². The largest absolute Gasteiger partial charge is 0.473 e. The lowest BCUT2D eigenvalue weighted by Crippen LogP contribution is -2.43. The smallest absolute Gasteiger partial charge is 0.414 e. The molecule has 0 spiro atoms. The maximum Gasteiger partial charge on any atom is 0.414 e. The third-order valence-corrected chi connectivity index (χ3v) is 6.12. The van der Waals surface area contributed by atoms with Crippen LogP contribution in [-0.2, 0) is 31.0 Å². The summed E-state index contributed by atoms with van der Waals surface area (Å²) in [5.74, 6) is -3.75. The zero-order chi connectivity index (χ0) is 22.9. The molecule has 10 nitrogen and oxygen atoms in total. The number of pyridine rings is 1. The van der Waals surface area contributed by atoms with Gasteiger partial charge in [0.15, 0.2) is 0 Å². The Morgan fingerprint density at radius 2 is 1.67 bits per heavy atom. The van der Waals surface area contributed by atoms with E-state index in [-0.39, 0.29) is 18.2 Å². The summed E-state index contributed by atoms with van der Waals surface area (Å²) in [6, 6.07) is 5.53. The van der Waals surface area contributed by atoms with Gasteiger partial charge < -0.3 is 15.1 Å². The Hall–Kier alpha value is -2.53. The predicted octanol–water partition coefficient (Wildman–Crippen LogP) is 1.04. The van der Waals surface area contributed by atoms with E-state index in [9.17, 15) is 13.2 Å². The lowest BCUT2D eigenvalue weighted by atomic mass is 9.94. The summed E-state index contributed by atoms with van der Waals surface area (Å²) in [7, 11) is -3.31. The molecule has 11 heteroatoms. The summed E-state index contributed by atoms with van der Waals surface area (Å²) in [5.41, 5.74) is 0.195. The van der Waals surface area contributed by atoms with E-state index in [4.69, 9.17) is 19.8 Å². The first kappa shape index (κ1) is 25.5. The maximum absolute atomic E-state index is 12.7. The maximum atomic E-state index is 12.7. The Labute approximate surface area is 176 Å². The van der Waals surface area contributed by atoms with Crippen molar-refractivity contribution in [3.8, 4) is 0 Å². The van der Waals surface area contributed by atoms with Crippen LogP contribution >= 0.6 is 0 Å². The summed E-state index contributed by atoms with van der Waals surface area (Å²) in [6.45, 7) is 7.23. The third-order valence-electron chi connectivity index (χ3n) is 4.27. The standard InChI is InChI=1S/C17H27N3O3S.C2H2O4/c1-17(2,3)16(21)19(14-15-8-4-5-9-18-15)12-13-24(22,23)20-10-6-7-11-20;3-1(4)2(5)6/h4-5,8-9H,6-7,10-14H2,1-3H3;(H,3,4)(H,5,6). The van der Waals surface area contributed by atoms with E-state index in [1.54, 1.807) is 11.1 Å². The quantitative estimate of drug-likeness (QED) is 0.620. The fraction of sp³-hybridized carbons (Fsp3) is 0.579. The molecule has 0 unspecified atom stereocenters. The van der Waals surface area contributed by atoms with Crippen LogP contribution in [0, 0.1) is 5.41 Å². The summed E-state index contributed by atoms with van der Waals surface area (Å²) < 4.78 is 26.4. The first-order valence-electron chi connectivity index (χ1n) is 9.48. The van der Waals surface area contributed by atoms with Gasteiger partial charge in [-0.25, -0.2) is 22.3 Å². The summed E-state index contributed by atoms with van der Waals surface area (Å²) in [4.78, 5) is 36.8. The molecule has 0 saturated carbocycles. The van der Waals surface area contributed by atoms with Gasteiger partial charge in [0.1, 0.15) is 0 Å². The van der Waals surface area contributed by atoms with Gasteiger partial charge in [-0.1, -0.05) is 26.8 Å². The van der Waals surface area contributed by atoms with E-state index in [1.807, 2.05) is 39.0 Å². The van der Waals surface area contributed by atoms with Crippen molar-refractivity contribution in [1.82, 2.24) is 14.2 Å². The molecule has 2 heterocycles. The number of carboxylic acid groups (broad SMARTS) is 2. The topological polar surface area (TPSA) is 145 Å². The molecule has 30 heavy (non-hydrogen) atoms. The lowest BCUT2D eigenvalue weighted by molar-refractivity contribution is -0.159. The molecule has 1 aromatic rings. The van der Waals surface area contributed by atoms with Gasteiger partial charge in [0.25, 0.3) is 0 Å². The fourth-order valence-electron chi connectivity index (χ4n) is 2.73. The fourth-order valence-corrected chi connectivity index (χ4v) is 4.26. The molecule has 0 bridgehead atoms. The van der Waals surface area contributed by atoms with E-state index in [0.29, 0.717) is 19.6 Å². The molecule has 1 aromatic heterocycles. The molecule has 2 N–H and O–H groups in total. The van der Waals surface area contributed by atoms with Crippen LogP contribution in [0.5, 0.6) is 0 Å². The minimum absolute atomic E-state index is 0.0400. The van der Waals surface area contributed by atoms with Gasteiger partial charge in [0.2, 0.25) is 15.9 Å². The Balaban J connectivity index is 0.000000656. The van der Waals surface area contributed by atoms with Gasteiger partial charge in [-0.15, -0.1) is 0 Å². The molecule has 0 atom stereocenters. The first-order valence-corrected chi connectivity index (χ1v) is 11.1. The molecule has 2 rings (SSSR count). The van der Waals surface area contributed by atoms with E-state index in [2.05, 4.69) is 4.98 Å². The molecule has 1 saturated heterocycles. The van der Waals surface area contributed by atoms with Crippen molar-refractivity contribution in [1.29, 1.82) is 0 Å². The third kappa shape index (κ3) is 8.46. The Kier molecular flexibility index (Phi) is 9.37. The van der Waals surface area contributed by atoms with Gasteiger partial charge in [0.05, 0.1) is 18.0 Å². The Morgan fingerprint density at radius 1 is 1.10 bits per heavy atom. The lowest BCUT2D eigenvalue weighted by Gasteiger charge is -2.30. The number of amides is 1. The number of carbonyl (C=O) groups is 3. The van der Waals surface area contributed by atoms with Crippen molar-refractivity contribution in [2.75, 3.05) is 25.4 Å². The van der Waals surface area contributed by atoms with Crippen molar-refractivity contribution >= 4 is 27.9 Å². The molecule has 168 valence electrons. The second-order valence-corrected chi connectivity index (χ2v) is 9.92. The van der Waals surface area contributed by atoms with E-state index in [1.165, 1.54) is 4.31 Å². The molecular weight excluding hydrogens is 414 g/mol. The molecule has 0 aliphatic carbocycles. The van der Waals surface area contributed by atoms with E-state index < -0.39 is 27.4 Å². The summed E-state index contributed by atoms with van der Waals surface area (Å²) in [6.07, 6.45) is 3.51. The molecule has 1 aliphatic heterocycles. The van der Waals surface area contributed by atoms with Crippen LogP contribution in [0.1, 0.15) is 39.3 Å². The number of hydrogen-bond acceptors (Lipinski definition) is 6. The second-order valence-electron chi connectivity index (χ2n) is 7.83. The van der Waals surface area contributed by atoms with Crippen LogP contribution in [0.25, 0.3) is 0 Å². The minimum Gasteiger partial charge on any atom is -0.473 e. The number of aliphatic carboxylic acids is 2. The number of carboxylic acids is 2. The number of sulfonamides is 1. The molecule has 0 aromatic carbocycles. The van der Waals surface area contributed by atoms with Crippen molar-refractivity contribution in [3.05, 3.63) is 30.1 Å². The Morgan fingerprint density at radius 3 is 2.10 bits per heavy atom. The average Bonchev–Trinajstić information content (AvgIpc) is 3.21. The molecular formula is C19H29N3O7S. The summed E-state index contributed by atoms with van der Waals surface area (Å²) >= 11 is 0. The minimum atomic E-state index is -3.31. The zero-order valence-electron chi connectivity index (χ0n) is 17.4. The number of carbonyl (C=O) groups excluding carboxylic acids is 1. The highest BCUT2D eigenvalue weighted by molar-refractivity contribution is 7.89. The Bertz CT molecular complexity index is 817. The van der Waals surface area contributed by atoms with Crippen LogP contribution in [0.3, 0.4) is 0 Å². The van der Waals surface area contributed by atoms with Gasteiger partial charge >= 0.3 is 11.9 Å². The van der Waals surface area contributed by atoms with Gasteiger partial charge in [0, 0.05) is 31.2 Å². The van der Waals surface area contributed by atoms with Crippen molar-refractivity contribution in [3.63, 3.8) is 0 Å². The predicted molar refractivity (Wildman–Crippen MR) is 109 cm³/mol. The normalized spacial score (nSPS) is 14.5. The van der Waals surface area contributed by atoms with Crippen LogP contribution in [0.15, 0.2) is 24.4 Å². The molecule has 1 aliphatic rings. The monoisotopic (exact) mass is 443 g/mol. The summed E-state index contributed by atoms with van der Waals surface area (Å²) in [5, 5.41) is 14.8. The van der Waals surface area contributed by atoms with Crippen LogP contribution < -0.4 is 0 Å². The van der Waals surface area contributed by atoms with Crippen molar-refractivity contribution < 1.29 is 33.0 Å². The number of hydrogen-bond donors (Lipinski definition) is 2. The zero-order valence-corrected chi connectivity index (χ0v) is 18.3. The average molecular weight is 444 g/mol. The van der Waals surface area contributed by atoms with Gasteiger partial charge in [-0.3, -0.25) is 9.78 Å². The molecule has 1 fully saturated rings. The van der Waals surface area contributed by atoms with E-state index >= 15 is 0 Å². The van der Waals surface area contributed by atoms with Crippen LogP contribution in [0.4, 0.5) is 0 Å². The van der Waals surface area contributed by atoms with Crippen molar-refractivity contribution in [2.24, 2.45) is 5.41 Å². The SMILES string of the molecule is CC(C)(C)C(=O)N(CCS(=O)(=O)N1CCCC1)Cc1ccccn1.O=C(O)C(=O)O. The van der Waals surface area contributed by atoms with Gasteiger partial charge in [-0.2, -0.15) is 0 Å². The second kappa shape index (κ2) is 11.0.